The van der Waals surface area contributed by atoms with Gasteiger partial charge in [0.15, 0.2) is 0 Å². The fourth-order valence-corrected chi connectivity index (χ4v) is 4.39. The van der Waals surface area contributed by atoms with Crippen LogP contribution in [0.5, 0.6) is 0 Å². The standard InChI is InChI=1S/C21H20ClN3O3/c1-13(2)24-19(27)16-8-3-4-9-17(16)25-18(26)10-11-21(24,25)20(28)23-15-7-5-6-14(22)12-15/h3-9,12-13H,10-11H2,1-2H3,(H,23,28)/t21-/m0/s1. The zero-order chi connectivity index (χ0) is 20.1. The van der Waals surface area contributed by atoms with Crippen molar-refractivity contribution in [3.8, 4) is 0 Å². The van der Waals surface area contributed by atoms with Crippen LogP contribution in [0.15, 0.2) is 48.5 Å². The van der Waals surface area contributed by atoms with Gasteiger partial charge in [0.2, 0.25) is 11.6 Å². The number of nitrogens with zero attached hydrogens (tertiary/aromatic N) is 2. The minimum absolute atomic E-state index is 0.174. The molecule has 1 atom stereocenters. The van der Waals surface area contributed by atoms with Crippen LogP contribution in [0.1, 0.15) is 37.0 Å². The highest BCUT2D eigenvalue weighted by Gasteiger charge is 2.61. The molecule has 0 saturated carbocycles. The minimum atomic E-state index is -1.40. The maximum atomic E-state index is 13.6. The van der Waals surface area contributed by atoms with Gasteiger partial charge in [-0.25, -0.2) is 0 Å². The van der Waals surface area contributed by atoms with E-state index in [4.69, 9.17) is 11.6 Å². The van der Waals surface area contributed by atoms with E-state index in [0.717, 1.165) is 0 Å². The number of anilines is 2. The molecule has 6 nitrogen and oxygen atoms in total. The van der Waals surface area contributed by atoms with Crippen LogP contribution in [0.2, 0.25) is 5.02 Å². The maximum absolute atomic E-state index is 13.6. The molecule has 2 aromatic rings. The number of rotatable bonds is 3. The topological polar surface area (TPSA) is 69.7 Å². The Morgan fingerprint density at radius 2 is 1.89 bits per heavy atom. The van der Waals surface area contributed by atoms with Crippen LogP contribution in [-0.4, -0.2) is 34.3 Å². The van der Waals surface area contributed by atoms with E-state index in [-0.39, 0.29) is 30.7 Å². The van der Waals surface area contributed by atoms with E-state index in [1.165, 1.54) is 9.80 Å². The second-order valence-electron chi connectivity index (χ2n) is 7.30. The maximum Gasteiger partial charge on any atom is 0.271 e. The van der Waals surface area contributed by atoms with Crippen molar-refractivity contribution in [3.05, 3.63) is 59.1 Å². The summed E-state index contributed by atoms with van der Waals surface area (Å²) in [4.78, 5) is 42.7. The number of carbonyl (C=O) groups is 3. The normalized spacial score (nSPS) is 21.0. The Morgan fingerprint density at radius 1 is 1.14 bits per heavy atom. The van der Waals surface area contributed by atoms with Gasteiger partial charge in [-0.1, -0.05) is 29.8 Å². The van der Waals surface area contributed by atoms with Crippen LogP contribution in [0.4, 0.5) is 11.4 Å². The van der Waals surface area contributed by atoms with E-state index in [1.54, 1.807) is 48.5 Å². The molecule has 4 rings (SSSR count). The highest BCUT2D eigenvalue weighted by molar-refractivity contribution is 6.31. The van der Waals surface area contributed by atoms with Crippen LogP contribution in [0.25, 0.3) is 0 Å². The number of benzene rings is 2. The van der Waals surface area contributed by atoms with E-state index >= 15 is 0 Å². The fraction of sp³-hybridized carbons (Fsp3) is 0.286. The van der Waals surface area contributed by atoms with Crippen LogP contribution in [0, 0.1) is 0 Å². The third-order valence-electron chi connectivity index (χ3n) is 5.26. The monoisotopic (exact) mass is 397 g/mol. The first-order valence-corrected chi connectivity index (χ1v) is 9.57. The lowest BCUT2D eigenvalue weighted by molar-refractivity contribution is -0.129. The lowest BCUT2D eigenvalue weighted by Crippen LogP contribution is -2.70. The molecule has 1 saturated heterocycles. The number of para-hydroxylation sites is 1. The molecular formula is C21H20ClN3O3. The fourth-order valence-electron chi connectivity index (χ4n) is 4.20. The molecular weight excluding hydrogens is 378 g/mol. The van der Waals surface area contributed by atoms with Crippen LogP contribution in [0.3, 0.4) is 0 Å². The molecule has 2 aliphatic rings. The molecule has 2 aromatic carbocycles. The Kier molecular flexibility index (Phi) is 4.38. The summed E-state index contributed by atoms with van der Waals surface area (Å²) in [6, 6.07) is 13.5. The Labute approximate surface area is 168 Å². The van der Waals surface area contributed by atoms with Gasteiger partial charge < -0.3 is 10.2 Å². The van der Waals surface area contributed by atoms with Crippen LogP contribution < -0.4 is 10.2 Å². The van der Waals surface area contributed by atoms with Crippen molar-refractivity contribution >= 4 is 40.7 Å². The average molecular weight is 398 g/mol. The number of nitrogens with one attached hydrogen (secondary N) is 1. The van der Waals surface area contributed by atoms with Crippen molar-refractivity contribution in [1.82, 2.24) is 4.90 Å². The quantitative estimate of drug-likeness (QED) is 0.859. The molecule has 2 aliphatic heterocycles. The lowest BCUT2D eigenvalue weighted by atomic mass is 9.94. The van der Waals surface area contributed by atoms with E-state index in [0.29, 0.717) is 22.0 Å². The van der Waals surface area contributed by atoms with Gasteiger partial charge in [-0.2, -0.15) is 0 Å². The minimum Gasteiger partial charge on any atom is -0.322 e. The van der Waals surface area contributed by atoms with E-state index in [2.05, 4.69) is 5.32 Å². The zero-order valence-electron chi connectivity index (χ0n) is 15.6. The first kappa shape index (κ1) is 18.5. The van der Waals surface area contributed by atoms with Gasteiger partial charge in [0.1, 0.15) is 0 Å². The number of amides is 3. The summed E-state index contributed by atoms with van der Waals surface area (Å²) >= 11 is 6.04. The van der Waals surface area contributed by atoms with Crippen molar-refractivity contribution in [1.29, 1.82) is 0 Å². The summed E-state index contributed by atoms with van der Waals surface area (Å²) in [5, 5.41) is 3.35. The van der Waals surface area contributed by atoms with E-state index < -0.39 is 11.6 Å². The summed E-state index contributed by atoms with van der Waals surface area (Å²) in [5.41, 5.74) is 0.0193. The SMILES string of the molecule is CC(C)N1C(=O)c2ccccc2N2C(=O)CC[C@@]21C(=O)Nc1cccc(Cl)c1. The number of hydrogen-bond acceptors (Lipinski definition) is 3. The summed E-state index contributed by atoms with van der Waals surface area (Å²) in [7, 11) is 0. The number of fused-ring (bicyclic) bond motifs is 3. The molecule has 28 heavy (non-hydrogen) atoms. The number of carbonyl (C=O) groups excluding carboxylic acids is 3. The van der Waals surface area contributed by atoms with Crippen LogP contribution in [-0.2, 0) is 9.59 Å². The van der Waals surface area contributed by atoms with Gasteiger partial charge in [0.05, 0.1) is 11.3 Å². The molecule has 3 amide bonds. The molecule has 2 heterocycles. The van der Waals surface area contributed by atoms with Gasteiger partial charge in [-0.15, -0.1) is 0 Å². The summed E-state index contributed by atoms with van der Waals surface area (Å²) < 4.78 is 0. The number of halogens is 1. The number of hydrogen-bond donors (Lipinski definition) is 1. The predicted octanol–water partition coefficient (Wildman–Crippen LogP) is 3.67. The largest absolute Gasteiger partial charge is 0.322 e. The first-order valence-electron chi connectivity index (χ1n) is 9.19. The Morgan fingerprint density at radius 3 is 2.61 bits per heavy atom. The molecule has 0 aliphatic carbocycles. The predicted molar refractivity (Wildman–Crippen MR) is 107 cm³/mol. The van der Waals surface area contributed by atoms with Gasteiger partial charge in [0.25, 0.3) is 11.8 Å². The molecule has 0 unspecified atom stereocenters. The van der Waals surface area contributed by atoms with Crippen molar-refractivity contribution in [2.24, 2.45) is 0 Å². The van der Waals surface area contributed by atoms with Crippen molar-refractivity contribution in [2.45, 2.75) is 38.4 Å². The molecule has 1 fully saturated rings. The summed E-state index contributed by atoms with van der Waals surface area (Å²) in [5.74, 6) is -0.846. The first-order chi connectivity index (χ1) is 13.4. The Balaban J connectivity index is 1.87. The van der Waals surface area contributed by atoms with Gasteiger partial charge in [-0.3, -0.25) is 19.3 Å². The highest BCUT2D eigenvalue weighted by atomic mass is 35.5. The van der Waals surface area contributed by atoms with E-state index in [1.807, 2.05) is 13.8 Å². The third-order valence-corrected chi connectivity index (χ3v) is 5.50. The highest BCUT2D eigenvalue weighted by Crippen LogP contribution is 2.45. The van der Waals surface area contributed by atoms with Crippen LogP contribution >= 0.6 is 11.6 Å². The molecule has 0 aromatic heterocycles. The molecule has 144 valence electrons. The van der Waals surface area contributed by atoms with Gasteiger partial charge >= 0.3 is 0 Å². The Hall–Kier alpha value is -2.86. The molecule has 0 bridgehead atoms. The van der Waals surface area contributed by atoms with Crippen molar-refractivity contribution < 1.29 is 14.4 Å². The van der Waals surface area contributed by atoms with Gasteiger partial charge in [0, 0.05) is 29.6 Å². The Bertz CT molecular complexity index is 990. The lowest BCUT2D eigenvalue weighted by Gasteiger charge is -2.50. The average Bonchev–Trinajstić information content (AvgIpc) is 3.00. The van der Waals surface area contributed by atoms with Gasteiger partial charge in [-0.05, 0) is 44.2 Å². The summed E-state index contributed by atoms with van der Waals surface area (Å²) in [6.07, 6.45) is 0.421. The van der Waals surface area contributed by atoms with E-state index in [9.17, 15) is 14.4 Å². The smallest absolute Gasteiger partial charge is 0.271 e. The molecule has 1 N–H and O–H groups in total. The van der Waals surface area contributed by atoms with Crippen molar-refractivity contribution in [3.63, 3.8) is 0 Å². The zero-order valence-corrected chi connectivity index (χ0v) is 16.4. The van der Waals surface area contributed by atoms with Crippen molar-refractivity contribution in [2.75, 3.05) is 10.2 Å². The second-order valence-corrected chi connectivity index (χ2v) is 7.73. The third kappa shape index (κ3) is 2.59. The summed E-state index contributed by atoms with van der Waals surface area (Å²) in [6.45, 7) is 3.70. The molecule has 7 heteroatoms. The molecule has 0 radical (unpaired) electrons. The molecule has 0 spiro atoms. The second kappa shape index (κ2) is 6.63.